The van der Waals surface area contributed by atoms with Gasteiger partial charge in [0.1, 0.15) is 11.8 Å². The smallest absolute Gasteiger partial charge is 0.247 e. The third-order valence-electron chi connectivity index (χ3n) is 6.38. The molecule has 0 unspecified atom stereocenters. The molecule has 194 valence electrons. The molecule has 1 N–H and O–H groups in total. The van der Waals surface area contributed by atoms with Gasteiger partial charge >= 0.3 is 0 Å². The zero-order valence-electron chi connectivity index (χ0n) is 21.3. The van der Waals surface area contributed by atoms with E-state index in [1.165, 1.54) is 0 Å². The van der Waals surface area contributed by atoms with E-state index in [-0.39, 0.29) is 31.3 Å². The number of carbonyl (C=O) groups excluding carboxylic acids is 2. The molecule has 1 atom stereocenters. The van der Waals surface area contributed by atoms with Crippen molar-refractivity contribution in [1.29, 1.82) is 0 Å². The maximum Gasteiger partial charge on any atom is 0.247 e. The van der Waals surface area contributed by atoms with Crippen molar-refractivity contribution in [1.82, 2.24) is 10.2 Å². The van der Waals surface area contributed by atoms with E-state index in [4.69, 9.17) is 16.3 Å². The zero-order valence-corrected chi connectivity index (χ0v) is 22.1. The number of nitrogens with zero attached hydrogens (tertiary/aromatic N) is 1. The monoisotopic (exact) mass is 526 g/mol. The van der Waals surface area contributed by atoms with Crippen LogP contribution >= 0.6 is 11.6 Å². The Morgan fingerprint density at radius 3 is 2.13 bits per heavy atom. The number of benzene rings is 4. The molecule has 38 heavy (non-hydrogen) atoms. The molecule has 0 aliphatic carbocycles. The molecule has 4 aromatic carbocycles. The third-order valence-corrected chi connectivity index (χ3v) is 6.63. The standard InChI is InChI=1S/C32H31ClN2O3/c1-38-29-15-9-8-14-27(29)22-34-32(37)31(26-12-6-3-7-13-26)35(23-25-16-19-28(33)20-17-25)30(36)21-18-24-10-4-2-5-11-24/h2-17,19-20,31H,18,21-23H2,1H3,(H,34,37)/t31-/m0/s1. The van der Waals surface area contributed by atoms with Crippen molar-refractivity contribution in [3.05, 3.63) is 136 Å². The Bertz CT molecular complexity index is 1330. The topological polar surface area (TPSA) is 58.6 Å². The molecule has 6 heteroatoms. The maximum absolute atomic E-state index is 13.8. The normalized spacial score (nSPS) is 11.4. The van der Waals surface area contributed by atoms with E-state index in [0.717, 1.165) is 22.3 Å². The Balaban J connectivity index is 1.63. The first kappa shape index (κ1) is 27.0. The van der Waals surface area contributed by atoms with E-state index >= 15 is 0 Å². The van der Waals surface area contributed by atoms with E-state index in [2.05, 4.69) is 5.32 Å². The van der Waals surface area contributed by atoms with Gasteiger partial charge in [-0.2, -0.15) is 0 Å². The molecule has 0 saturated carbocycles. The van der Waals surface area contributed by atoms with Crippen molar-refractivity contribution in [2.75, 3.05) is 7.11 Å². The third kappa shape index (κ3) is 7.24. The van der Waals surface area contributed by atoms with Gasteiger partial charge in [0.2, 0.25) is 11.8 Å². The van der Waals surface area contributed by atoms with E-state index in [1.807, 2.05) is 97.1 Å². The summed E-state index contributed by atoms with van der Waals surface area (Å²) in [6, 6.07) is 33.4. The molecule has 0 aliphatic heterocycles. The summed E-state index contributed by atoms with van der Waals surface area (Å²) in [5.74, 6) is 0.329. The van der Waals surface area contributed by atoms with Gasteiger partial charge in [-0.05, 0) is 41.3 Å². The van der Waals surface area contributed by atoms with Crippen LogP contribution in [0.3, 0.4) is 0 Å². The predicted molar refractivity (Wildman–Crippen MR) is 151 cm³/mol. The number of ether oxygens (including phenoxy) is 1. The number of amides is 2. The van der Waals surface area contributed by atoms with E-state index in [9.17, 15) is 9.59 Å². The van der Waals surface area contributed by atoms with Gasteiger partial charge in [0.25, 0.3) is 0 Å². The van der Waals surface area contributed by atoms with Crippen molar-refractivity contribution >= 4 is 23.4 Å². The number of para-hydroxylation sites is 1. The fourth-order valence-electron chi connectivity index (χ4n) is 4.39. The first-order valence-electron chi connectivity index (χ1n) is 12.6. The average Bonchev–Trinajstić information content (AvgIpc) is 2.96. The van der Waals surface area contributed by atoms with Crippen LogP contribution in [-0.2, 0) is 29.1 Å². The quantitative estimate of drug-likeness (QED) is 0.247. The highest BCUT2D eigenvalue weighted by Gasteiger charge is 2.31. The van der Waals surface area contributed by atoms with Crippen LogP contribution < -0.4 is 10.1 Å². The summed E-state index contributed by atoms with van der Waals surface area (Å²) in [5.41, 5.74) is 3.56. The predicted octanol–water partition coefficient (Wildman–Crippen LogP) is 6.37. The average molecular weight is 527 g/mol. The Hall–Kier alpha value is -4.09. The molecule has 0 fully saturated rings. The van der Waals surface area contributed by atoms with Crippen molar-refractivity contribution in [2.24, 2.45) is 0 Å². The molecule has 4 rings (SSSR count). The summed E-state index contributed by atoms with van der Waals surface area (Å²) in [7, 11) is 1.60. The SMILES string of the molecule is COc1ccccc1CNC(=O)[C@H](c1ccccc1)N(Cc1ccc(Cl)cc1)C(=O)CCc1ccccc1. The lowest BCUT2D eigenvalue weighted by Crippen LogP contribution is -2.43. The van der Waals surface area contributed by atoms with Crippen molar-refractivity contribution < 1.29 is 14.3 Å². The van der Waals surface area contributed by atoms with Gasteiger partial charge in [0, 0.05) is 30.1 Å². The van der Waals surface area contributed by atoms with Crippen molar-refractivity contribution in [2.45, 2.75) is 32.0 Å². The summed E-state index contributed by atoms with van der Waals surface area (Å²) < 4.78 is 5.44. The molecule has 0 saturated heterocycles. The number of rotatable bonds is 11. The zero-order chi connectivity index (χ0) is 26.7. The lowest BCUT2D eigenvalue weighted by molar-refractivity contribution is -0.141. The molecule has 2 amide bonds. The maximum atomic E-state index is 13.8. The first-order valence-corrected chi connectivity index (χ1v) is 13.0. The van der Waals surface area contributed by atoms with Crippen LogP contribution in [0.15, 0.2) is 109 Å². The molecule has 0 aliphatic rings. The molecular weight excluding hydrogens is 496 g/mol. The molecular formula is C32H31ClN2O3. The number of carbonyl (C=O) groups is 2. The molecule has 0 spiro atoms. The number of methoxy groups -OCH3 is 1. The van der Waals surface area contributed by atoms with Gasteiger partial charge in [0.05, 0.1) is 7.11 Å². The number of nitrogens with one attached hydrogen (secondary N) is 1. The molecule has 0 heterocycles. The lowest BCUT2D eigenvalue weighted by Gasteiger charge is -2.32. The number of hydrogen-bond donors (Lipinski definition) is 1. The summed E-state index contributed by atoms with van der Waals surface area (Å²) in [4.78, 5) is 29.3. The lowest BCUT2D eigenvalue weighted by atomic mass is 10.0. The van der Waals surface area contributed by atoms with E-state index in [1.54, 1.807) is 24.1 Å². The van der Waals surface area contributed by atoms with Gasteiger partial charge in [0.15, 0.2) is 0 Å². The Kier molecular flexibility index (Phi) is 9.54. The van der Waals surface area contributed by atoms with Crippen LogP contribution in [0.5, 0.6) is 5.75 Å². The van der Waals surface area contributed by atoms with Crippen LogP contribution in [-0.4, -0.2) is 23.8 Å². The number of aryl methyl sites for hydroxylation is 1. The number of hydrogen-bond acceptors (Lipinski definition) is 3. The molecule has 4 aromatic rings. The van der Waals surface area contributed by atoms with Crippen LogP contribution in [0, 0.1) is 0 Å². The highest BCUT2D eigenvalue weighted by Crippen LogP contribution is 2.26. The highest BCUT2D eigenvalue weighted by molar-refractivity contribution is 6.30. The molecule has 0 radical (unpaired) electrons. The van der Waals surface area contributed by atoms with Crippen LogP contribution in [0.25, 0.3) is 0 Å². The molecule has 0 aromatic heterocycles. The second-order valence-corrected chi connectivity index (χ2v) is 9.41. The van der Waals surface area contributed by atoms with Crippen molar-refractivity contribution in [3.8, 4) is 5.75 Å². The second-order valence-electron chi connectivity index (χ2n) is 8.98. The van der Waals surface area contributed by atoms with Crippen molar-refractivity contribution in [3.63, 3.8) is 0 Å². The Morgan fingerprint density at radius 1 is 0.816 bits per heavy atom. The highest BCUT2D eigenvalue weighted by atomic mass is 35.5. The molecule has 0 bridgehead atoms. The summed E-state index contributed by atoms with van der Waals surface area (Å²) in [6.45, 7) is 0.547. The minimum absolute atomic E-state index is 0.106. The van der Waals surface area contributed by atoms with Gasteiger partial charge in [-0.1, -0.05) is 103 Å². The van der Waals surface area contributed by atoms with Crippen LogP contribution in [0.1, 0.15) is 34.7 Å². The summed E-state index contributed by atoms with van der Waals surface area (Å²) in [6.07, 6.45) is 0.863. The van der Waals surface area contributed by atoms with Gasteiger partial charge in [-0.25, -0.2) is 0 Å². The fourth-order valence-corrected chi connectivity index (χ4v) is 4.51. The molecule has 5 nitrogen and oxygen atoms in total. The van der Waals surface area contributed by atoms with Crippen LogP contribution in [0.2, 0.25) is 5.02 Å². The fraction of sp³-hybridized carbons (Fsp3) is 0.188. The van der Waals surface area contributed by atoms with Crippen LogP contribution in [0.4, 0.5) is 0 Å². The minimum Gasteiger partial charge on any atom is -0.496 e. The van der Waals surface area contributed by atoms with Gasteiger partial charge in [-0.15, -0.1) is 0 Å². The summed E-state index contributed by atoms with van der Waals surface area (Å²) in [5, 5.41) is 3.66. The summed E-state index contributed by atoms with van der Waals surface area (Å²) >= 11 is 6.11. The number of halogens is 1. The van der Waals surface area contributed by atoms with E-state index < -0.39 is 6.04 Å². The van der Waals surface area contributed by atoms with Gasteiger partial charge in [-0.3, -0.25) is 9.59 Å². The van der Waals surface area contributed by atoms with E-state index in [0.29, 0.717) is 17.2 Å². The Labute approximate surface area is 229 Å². The Morgan fingerprint density at radius 2 is 1.45 bits per heavy atom. The first-order chi connectivity index (χ1) is 18.5. The minimum atomic E-state index is -0.815. The second kappa shape index (κ2) is 13.5. The van der Waals surface area contributed by atoms with Gasteiger partial charge < -0.3 is 15.0 Å². The largest absolute Gasteiger partial charge is 0.496 e.